The number of aliphatic hydroxyl groups is 3. The summed E-state index contributed by atoms with van der Waals surface area (Å²) in [6.07, 6.45) is 8.23. The second kappa shape index (κ2) is 10.0. The number of likely N-dealkylation sites (N-methyl/N-ethyl adjacent to an activating group) is 1. The zero-order valence-electron chi connectivity index (χ0n) is 10.3. The highest BCUT2D eigenvalue weighted by atomic mass is 16.2. The maximum absolute atomic E-state index is 11.7. The Morgan fingerprint density at radius 1 is 0.944 bits per heavy atom. The van der Waals surface area contributed by atoms with Gasteiger partial charge < -0.3 is 20.6 Å². The second-order valence-electron chi connectivity index (χ2n) is 3.43. The first-order chi connectivity index (χ1) is 8.71. The summed E-state index contributed by atoms with van der Waals surface area (Å²) >= 11 is 0. The van der Waals surface area contributed by atoms with E-state index in [4.69, 9.17) is 15.3 Å². The highest BCUT2D eigenvalue weighted by molar-refractivity contribution is 5.94. The molecule has 0 aromatic carbocycles. The molecule has 18 heavy (non-hydrogen) atoms. The summed E-state index contributed by atoms with van der Waals surface area (Å²) in [5.41, 5.74) is 1.25. The zero-order chi connectivity index (χ0) is 13.8. The summed E-state index contributed by atoms with van der Waals surface area (Å²) in [7, 11) is 1.52. The highest BCUT2D eigenvalue weighted by Crippen LogP contribution is 2.18. The van der Waals surface area contributed by atoms with E-state index in [1.165, 1.54) is 25.3 Å². The fraction of sp³-hybridized carbons (Fsp3) is 0.308. The number of amides is 1. The summed E-state index contributed by atoms with van der Waals surface area (Å²) in [6, 6.07) is 0. The fourth-order valence-electron chi connectivity index (χ4n) is 1.44. The first-order valence-electron chi connectivity index (χ1n) is 5.51. The molecular weight excluding hydrogens is 234 g/mol. The molecule has 0 heterocycles. The van der Waals surface area contributed by atoms with Gasteiger partial charge in [0, 0.05) is 12.6 Å². The molecule has 0 saturated heterocycles. The van der Waals surface area contributed by atoms with Gasteiger partial charge in [-0.2, -0.15) is 0 Å². The Hall–Kier alpha value is -2.17. The predicted molar refractivity (Wildman–Crippen MR) is 70.3 cm³/mol. The van der Waals surface area contributed by atoms with Crippen molar-refractivity contribution in [1.29, 1.82) is 0 Å². The number of rotatable bonds is 7. The molecule has 0 atom stereocenters. The van der Waals surface area contributed by atoms with Gasteiger partial charge in [-0.05, 0) is 37.5 Å². The van der Waals surface area contributed by atoms with Crippen LogP contribution in [-0.4, -0.2) is 28.3 Å². The number of nitrogens with one attached hydrogen (secondary N) is 1. The Balaban J connectivity index is 5.26. The molecular formula is C13H19NO4. The van der Waals surface area contributed by atoms with E-state index in [0.29, 0.717) is 18.4 Å². The van der Waals surface area contributed by atoms with Crippen LogP contribution in [0, 0.1) is 0 Å². The molecule has 0 saturated carbocycles. The van der Waals surface area contributed by atoms with Gasteiger partial charge in [-0.25, -0.2) is 0 Å². The molecule has 4 N–H and O–H groups in total. The van der Waals surface area contributed by atoms with E-state index in [9.17, 15) is 4.79 Å². The average molecular weight is 253 g/mol. The quantitative estimate of drug-likeness (QED) is 0.414. The maximum atomic E-state index is 11.7. The molecule has 0 aromatic rings. The van der Waals surface area contributed by atoms with E-state index in [1.54, 1.807) is 0 Å². The molecule has 0 aromatic heterocycles. The number of carbonyl (C=O) groups excluding carboxylic acids is 1. The van der Waals surface area contributed by atoms with Crippen molar-refractivity contribution in [3.63, 3.8) is 0 Å². The van der Waals surface area contributed by atoms with Crippen LogP contribution in [0.15, 0.2) is 48.2 Å². The zero-order valence-corrected chi connectivity index (χ0v) is 10.3. The van der Waals surface area contributed by atoms with Gasteiger partial charge in [-0.1, -0.05) is 5.57 Å². The van der Waals surface area contributed by atoms with E-state index in [1.807, 2.05) is 0 Å². The monoisotopic (exact) mass is 253 g/mol. The van der Waals surface area contributed by atoms with E-state index >= 15 is 0 Å². The Morgan fingerprint density at radius 2 is 1.39 bits per heavy atom. The van der Waals surface area contributed by atoms with Gasteiger partial charge in [0.2, 0.25) is 5.91 Å². The van der Waals surface area contributed by atoms with Crippen molar-refractivity contribution >= 4 is 5.91 Å². The van der Waals surface area contributed by atoms with Crippen LogP contribution in [0.4, 0.5) is 0 Å². The molecule has 0 radical (unpaired) electrons. The lowest BCUT2D eigenvalue weighted by atomic mass is 9.98. The smallest absolute Gasteiger partial charge is 0.247 e. The van der Waals surface area contributed by atoms with Crippen LogP contribution < -0.4 is 5.32 Å². The van der Waals surface area contributed by atoms with Crippen molar-refractivity contribution in [3.05, 3.63) is 48.2 Å². The molecule has 0 unspecified atom stereocenters. The first-order valence-corrected chi connectivity index (χ1v) is 5.51. The first kappa shape index (κ1) is 15.8. The SMILES string of the molecule is CNC(=O)C(CC=CO)=C(CC=CO)CC=CO. The molecule has 0 spiro atoms. The lowest BCUT2D eigenvalue weighted by Crippen LogP contribution is -2.21. The maximum Gasteiger partial charge on any atom is 0.247 e. The van der Waals surface area contributed by atoms with Crippen LogP contribution in [0.3, 0.4) is 0 Å². The van der Waals surface area contributed by atoms with Gasteiger partial charge in [-0.15, -0.1) is 0 Å². The lowest BCUT2D eigenvalue weighted by molar-refractivity contribution is -0.117. The molecule has 0 bridgehead atoms. The van der Waals surface area contributed by atoms with Crippen molar-refractivity contribution in [3.8, 4) is 0 Å². The van der Waals surface area contributed by atoms with Gasteiger partial charge in [0.1, 0.15) is 0 Å². The number of allylic oxidation sites excluding steroid dienone is 4. The third-order valence-electron chi connectivity index (χ3n) is 2.29. The summed E-state index contributed by atoms with van der Waals surface area (Å²) in [5.74, 6) is -0.249. The minimum atomic E-state index is -0.249. The predicted octanol–water partition coefficient (Wildman–Crippen LogP) is 2.41. The van der Waals surface area contributed by atoms with Gasteiger partial charge in [0.05, 0.1) is 18.8 Å². The van der Waals surface area contributed by atoms with Crippen molar-refractivity contribution in [2.75, 3.05) is 7.05 Å². The topological polar surface area (TPSA) is 89.8 Å². The van der Waals surface area contributed by atoms with Crippen molar-refractivity contribution < 1.29 is 20.1 Å². The third kappa shape index (κ3) is 5.79. The van der Waals surface area contributed by atoms with Gasteiger partial charge in [0.25, 0.3) is 0 Å². The van der Waals surface area contributed by atoms with E-state index in [2.05, 4.69) is 5.32 Å². The summed E-state index contributed by atoms with van der Waals surface area (Å²) in [4.78, 5) is 11.7. The number of hydrogen-bond acceptors (Lipinski definition) is 4. The summed E-state index contributed by atoms with van der Waals surface area (Å²) in [5, 5.41) is 28.5. The van der Waals surface area contributed by atoms with E-state index < -0.39 is 0 Å². The normalized spacial score (nSPS) is 11.4. The van der Waals surface area contributed by atoms with Crippen LogP contribution in [0.5, 0.6) is 0 Å². The highest BCUT2D eigenvalue weighted by Gasteiger charge is 2.11. The Bertz CT molecular complexity index is 351. The third-order valence-corrected chi connectivity index (χ3v) is 2.29. The summed E-state index contributed by atoms with van der Waals surface area (Å²) in [6.45, 7) is 0. The Labute approximate surface area is 106 Å². The van der Waals surface area contributed by atoms with Gasteiger partial charge in [0.15, 0.2) is 0 Å². The molecule has 100 valence electrons. The van der Waals surface area contributed by atoms with Gasteiger partial charge in [-0.3, -0.25) is 4.79 Å². The molecule has 1 amide bonds. The second-order valence-corrected chi connectivity index (χ2v) is 3.43. The van der Waals surface area contributed by atoms with Crippen molar-refractivity contribution in [2.45, 2.75) is 19.3 Å². The molecule has 0 aliphatic carbocycles. The van der Waals surface area contributed by atoms with Crippen LogP contribution in [0.2, 0.25) is 0 Å². The number of hydrogen-bond donors (Lipinski definition) is 4. The molecule has 0 aliphatic heterocycles. The minimum Gasteiger partial charge on any atom is -0.516 e. The lowest BCUT2D eigenvalue weighted by Gasteiger charge is -2.10. The Morgan fingerprint density at radius 3 is 1.78 bits per heavy atom. The van der Waals surface area contributed by atoms with Crippen molar-refractivity contribution in [2.24, 2.45) is 0 Å². The Kier molecular flexibility index (Phi) is 8.81. The van der Waals surface area contributed by atoms with Crippen molar-refractivity contribution in [1.82, 2.24) is 5.32 Å². The molecule has 5 nitrogen and oxygen atoms in total. The fourth-order valence-corrected chi connectivity index (χ4v) is 1.44. The number of carbonyl (C=O) groups is 1. The van der Waals surface area contributed by atoms with Crippen LogP contribution in [0.1, 0.15) is 19.3 Å². The summed E-state index contributed by atoms with van der Waals surface area (Å²) < 4.78 is 0. The molecule has 0 fully saturated rings. The van der Waals surface area contributed by atoms with Crippen LogP contribution >= 0.6 is 0 Å². The molecule has 0 aliphatic rings. The minimum absolute atomic E-state index is 0.249. The van der Waals surface area contributed by atoms with Crippen LogP contribution in [0.25, 0.3) is 0 Å². The van der Waals surface area contributed by atoms with Gasteiger partial charge >= 0.3 is 0 Å². The molecule has 0 rings (SSSR count). The van der Waals surface area contributed by atoms with E-state index in [0.717, 1.165) is 24.4 Å². The number of aliphatic hydroxyl groups excluding tert-OH is 3. The standard InChI is InChI=1S/C13H19NO4/c1-14-13(18)12(7-4-10-17)11(5-2-8-15)6-3-9-16/h2-4,8-10,15-17H,5-7H2,1H3,(H,14,18). The molecule has 5 heteroatoms. The van der Waals surface area contributed by atoms with Crippen LogP contribution in [-0.2, 0) is 4.79 Å². The largest absolute Gasteiger partial charge is 0.516 e. The average Bonchev–Trinajstić information content (AvgIpc) is 2.40. The van der Waals surface area contributed by atoms with E-state index in [-0.39, 0.29) is 12.3 Å².